The van der Waals surface area contributed by atoms with Crippen LogP contribution >= 0.6 is 0 Å². The zero-order chi connectivity index (χ0) is 2.71. The Bertz CT molecular complexity index is 27.5. The maximum Gasteiger partial charge on any atom is 1.00 e. The smallest absolute Gasteiger partial charge is 1.00 e. The Morgan fingerprint density at radius 2 is 1.75 bits per heavy atom. The number of hydrogen-bond donors (Lipinski definition) is 0. The molecule has 0 aromatic rings. The zero-order valence-electron chi connectivity index (χ0n) is 2.49. The quantitative estimate of drug-likeness (QED) is 0.227. The maximum absolute atomic E-state index is 4.54. The molecule has 0 fully saturated rings. The minimum Gasteiger partial charge on any atom is 1.00 e. The third-order valence-electron chi connectivity index (χ3n) is 0. The fourth-order valence-corrected chi connectivity index (χ4v) is 0. The van der Waals surface area contributed by atoms with Crippen molar-refractivity contribution in [3.63, 3.8) is 0 Å². The molecule has 2 heteroatoms. The first-order valence-electron chi connectivity index (χ1n) is 0.493. The predicted molar refractivity (Wildman–Crippen MR) is 14.6 cm³/mol. The Labute approximate surface area is 46.3 Å². The standard InChI is InChI=1S/C2H2Se.Li/c1-2-3;/h1,3H;/q;+1/p-1. The van der Waals surface area contributed by atoms with E-state index in [2.05, 4.69) is 27.3 Å². The zero-order valence-corrected chi connectivity index (χ0v) is 4.20. The van der Waals surface area contributed by atoms with Gasteiger partial charge in [0, 0.05) is 0 Å². The Morgan fingerprint density at radius 1 is 1.75 bits per heavy atom. The number of terminal acetylenes is 1. The third kappa shape index (κ3) is 16.4. The van der Waals surface area contributed by atoms with Crippen LogP contribution in [0.15, 0.2) is 0 Å². The van der Waals surface area contributed by atoms with Gasteiger partial charge in [0.15, 0.2) is 0 Å². The summed E-state index contributed by atoms with van der Waals surface area (Å²) in [6, 6.07) is 0. The molecule has 0 nitrogen and oxygen atoms in total. The largest absolute Gasteiger partial charge is 1.00 e. The van der Waals surface area contributed by atoms with Gasteiger partial charge in [0.25, 0.3) is 0 Å². The van der Waals surface area contributed by atoms with Crippen LogP contribution in [0.3, 0.4) is 0 Å². The average molecular weight is 111 g/mol. The summed E-state index contributed by atoms with van der Waals surface area (Å²) in [4.78, 5) is 2.12. The summed E-state index contributed by atoms with van der Waals surface area (Å²) >= 11 is 2.33. The molecule has 4 heavy (non-hydrogen) atoms. The Kier molecular flexibility index (Phi) is 20.7. The number of rotatable bonds is 0. The normalized spacial score (nSPS) is 1.75. The van der Waals surface area contributed by atoms with Gasteiger partial charge in [0.2, 0.25) is 0 Å². The van der Waals surface area contributed by atoms with E-state index < -0.39 is 0 Å². The van der Waals surface area contributed by atoms with Crippen molar-refractivity contribution in [1.82, 2.24) is 0 Å². The molecule has 0 saturated carbocycles. The molecule has 16 valence electrons. The summed E-state index contributed by atoms with van der Waals surface area (Å²) in [6.07, 6.45) is 4.54. The van der Waals surface area contributed by atoms with Crippen molar-refractivity contribution < 1.29 is 18.9 Å². The van der Waals surface area contributed by atoms with Crippen molar-refractivity contribution in [2.45, 2.75) is 0 Å². The van der Waals surface area contributed by atoms with E-state index in [4.69, 9.17) is 0 Å². The maximum atomic E-state index is 4.54. The first-order chi connectivity index (χ1) is 1.41. The van der Waals surface area contributed by atoms with E-state index in [-0.39, 0.29) is 18.9 Å². The first kappa shape index (κ1) is 8.82. The van der Waals surface area contributed by atoms with E-state index >= 15 is 0 Å². The molecule has 0 rings (SSSR count). The van der Waals surface area contributed by atoms with Gasteiger partial charge >= 0.3 is 46.1 Å². The van der Waals surface area contributed by atoms with Crippen LogP contribution in [0.2, 0.25) is 0 Å². The topological polar surface area (TPSA) is 0 Å². The Balaban J connectivity index is 0. The molecule has 0 aliphatic rings. The van der Waals surface area contributed by atoms with E-state index in [0.717, 1.165) is 0 Å². The molecule has 0 N–H and O–H groups in total. The van der Waals surface area contributed by atoms with Gasteiger partial charge in [-0.25, -0.2) is 0 Å². The van der Waals surface area contributed by atoms with Gasteiger partial charge in [-0.2, -0.15) is 0 Å². The van der Waals surface area contributed by atoms with Crippen LogP contribution in [-0.4, -0.2) is 16.0 Å². The Hall–Kier alpha value is 0.677. The van der Waals surface area contributed by atoms with Gasteiger partial charge in [-0.15, -0.1) is 0 Å². The molecule has 0 aliphatic heterocycles. The summed E-state index contributed by atoms with van der Waals surface area (Å²) in [7, 11) is 0. The second-order valence-electron chi connectivity index (χ2n) is 0.118. The summed E-state index contributed by atoms with van der Waals surface area (Å²) in [5, 5.41) is 0. The van der Waals surface area contributed by atoms with Crippen molar-refractivity contribution in [1.29, 1.82) is 0 Å². The molecule has 0 aromatic carbocycles. The summed E-state index contributed by atoms with van der Waals surface area (Å²) in [5.74, 6) is 0. The van der Waals surface area contributed by atoms with Gasteiger partial charge in [-0.3, -0.25) is 0 Å². The molecule has 0 radical (unpaired) electrons. The van der Waals surface area contributed by atoms with Crippen molar-refractivity contribution in [2.24, 2.45) is 0 Å². The fraction of sp³-hybridized carbons (Fsp3) is 0. The van der Waals surface area contributed by atoms with Crippen molar-refractivity contribution in [3.05, 3.63) is 0 Å². The summed E-state index contributed by atoms with van der Waals surface area (Å²) in [6.45, 7) is 0. The molecular formula is C2HLiSe. The second-order valence-corrected chi connectivity index (χ2v) is 0.612. The molecular weight excluding hydrogens is 110 g/mol. The number of hydrogen-bond acceptors (Lipinski definition) is 0. The SMILES string of the molecule is C#C[Se-].[Li+]. The van der Waals surface area contributed by atoms with Crippen LogP contribution < -0.4 is 18.9 Å². The van der Waals surface area contributed by atoms with Gasteiger partial charge in [0.1, 0.15) is 0 Å². The van der Waals surface area contributed by atoms with Crippen LogP contribution in [0.25, 0.3) is 0 Å². The van der Waals surface area contributed by atoms with Crippen molar-refractivity contribution >= 4 is 16.0 Å². The fourth-order valence-electron chi connectivity index (χ4n) is 0. The molecule has 0 bridgehead atoms. The van der Waals surface area contributed by atoms with Crippen molar-refractivity contribution in [2.75, 3.05) is 0 Å². The molecule has 0 amide bonds. The first-order valence-corrected chi connectivity index (χ1v) is 1.35. The average Bonchev–Trinajstić information content (AvgIpc) is 0.918. The van der Waals surface area contributed by atoms with Gasteiger partial charge < -0.3 is 0 Å². The van der Waals surface area contributed by atoms with E-state index in [0.29, 0.717) is 0 Å². The molecule has 0 heterocycles. The molecule has 0 aromatic heterocycles. The summed E-state index contributed by atoms with van der Waals surface area (Å²) < 4.78 is 0. The van der Waals surface area contributed by atoms with Crippen LogP contribution in [0.5, 0.6) is 0 Å². The predicted octanol–water partition coefficient (Wildman–Crippen LogP) is -3.25. The van der Waals surface area contributed by atoms with E-state index in [9.17, 15) is 0 Å². The van der Waals surface area contributed by atoms with Gasteiger partial charge in [0.05, 0.1) is 0 Å². The van der Waals surface area contributed by atoms with Crippen molar-refractivity contribution in [3.8, 4) is 11.2 Å². The Morgan fingerprint density at radius 3 is 1.75 bits per heavy atom. The molecule has 0 aliphatic carbocycles. The minimum atomic E-state index is 0. The van der Waals surface area contributed by atoms with Crippen LogP contribution in [0.1, 0.15) is 0 Å². The molecule has 0 spiro atoms. The van der Waals surface area contributed by atoms with Crippen LogP contribution in [0, 0.1) is 11.2 Å². The van der Waals surface area contributed by atoms with E-state index in [1.165, 1.54) is 0 Å². The molecule has 0 unspecified atom stereocenters. The van der Waals surface area contributed by atoms with Gasteiger partial charge in [-0.05, 0) is 0 Å². The second kappa shape index (κ2) is 9.37. The van der Waals surface area contributed by atoms with Gasteiger partial charge in [-0.1, -0.05) is 0 Å². The molecule has 0 saturated heterocycles. The third-order valence-corrected chi connectivity index (χ3v) is 0. The van der Waals surface area contributed by atoms with Crippen LogP contribution in [-0.2, 0) is 0 Å². The van der Waals surface area contributed by atoms with E-state index in [1.807, 2.05) is 0 Å². The van der Waals surface area contributed by atoms with E-state index in [1.54, 1.807) is 0 Å². The minimum absolute atomic E-state index is 0. The molecule has 0 atom stereocenters. The monoisotopic (exact) mass is 112 g/mol. The summed E-state index contributed by atoms with van der Waals surface area (Å²) in [5.41, 5.74) is 0. The van der Waals surface area contributed by atoms with Crippen LogP contribution in [0.4, 0.5) is 0 Å².